The molecule has 0 radical (unpaired) electrons. The highest BCUT2D eigenvalue weighted by Crippen LogP contribution is 2.06. The first-order valence-electron chi connectivity index (χ1n) is 6.30. The Balaban J connectivity index is 1.94. The first-order chi connectivity index (χ1) is 8.65. The summed E-state index contributed by atoms with van der Waals surface area (Å²) >= 11 is 0. The molecule has 2 rings (SSSR count). The van der Waals surface area contributed by atoms with Crippen molar-refractivity contribution < 1.29 is 14.5 Å². The molecule has 4 heteroatoms. The van der Waals surface area contributed by atoms with Crippen molar-refractivity contribution in [3.05, 3.63) is 35.4 Å². The Morgan fingerprint density at radius 3 is 2.72 bits per heavy atom. The molecule has 96 valence electrons. The van der Waals surface area contributed by atoms with Gasteiger partial charge < -0.3 is 9.74 Å². The average Bonchev–Trinajstić information content (AvgIpc) is 2.38. The minimum atomic E-state index is -0.377. The van der Waals surface area contributed by atoms with E-state index in [0.717, 1.165) is 37.2 Å². The van der Waals surface area contributed by atoms with Crippen LogP contribution < -0.4 is 4.90 Å². The number of oxime groups is 1. The zero-order valence-electron chi connectivity index (χ0n) is 10.9. The SMILES string of the molecule is Cc1cccc(C(=O)ON=C2CC[NH+](C)CC2)c1. The quantitative estimate of drug-likeness (QED) is 0.621. The zero-order valence-corrected chi connectivity index (χ0v) is 10.9. The van der Waals surface area contributed by atoms with Gasteiger partial charge in [0.1, 0.15) is 0 Å². The number of nitrogens with one attached hydrogen (secondary N) is 1. The lowest BCUT2D eigenvalue weighted by Crippen LogP contribution is -3.10. The summed E-state index contributed by atoms with van der Waals surface area (Å²) in [5.74, 6) is -0.377. The molecule has 1 saturated heterocycles. The number of nitrogens with zero attached hydrogens (tertiary/aromatic N) is 1. The van der Waals surface area contributed by atoms with Crippen LogP contribution in [0.1, 0.15) is 28.8 Å². The Kier molecular flexibility index (Phi) is 4.10. The summed E-state index contributed by atoms with van der Waals surface area (Å²) < 4.78 is 0. The first-order valence-corrected chi connectivity index (χ1v) is 6.30. The predicted octanol–water partition coefficient (Wildman–Crippen LogP) is 0.816. The van der Waals surface area contributed by atoms with Crippen LogP contribution in [0.4, 0.5) is 0 Å². The van der Waals surface area contributed by atoms with Crippen molar-refractivity contribution in [3.8, 4) is 0 Å². The van der Waals surface area contributed by atoms with Crippen LogP contribution in [0, 0.1) is 6.92 Å². The number of rotatable bonds is 2. The summed E-state index contributed by atoms with van der Waals surface area (Å²) in [6.45, 7) is 4.06. The van der Waals surface area contributed by atoms with Crippen molar-refractivity contribution >= 4 is 11.7 Å². The number of likely N-dealkylation sites (tertiary alicyclic amines) is 1. The van der Waals surface area contributed by atoms with Crippen molar-refractivity contribution in [2.75, 3.05) is 20.1 Å². The van der Waals surface area contributed by atoms with Gasteiger partial charge >= 0.3 is 5.97 Å². The fourth-order valence-electron chi connectivity index (χ4n) is 1.99. The molecule has 0 bridgehead atoms. The Morgan fingerprint density at radius 1 is 1.33 bits per heavy atom. The molecule has 1 aromatic carbocycles. The second-order valence-electron chi connectivity index (χ2n) is 4.86. The van der Waals surface area contributed by atoms with Crippen LogP contribution >= 0.6 is 0 Å². The van der Waals surface area contributed by atoms with Crippen LogP contribution in [0.25, 0.3) is 0 Å². The molecule has 0 atom stereocenters. The van der Waals surface area contributed by atoms with Gasteiger partial charge in [0.05, 0.1) is 31.4 Å². The topological polar surface area (TPSA) is 43.1 Å². The molecule has 0 unspecified atom stereocenters. The third kappa shape index (κ3) is 3.40. The van der Waals surface area contributed by atoms with Crippen LogP contribution in [0.15, 0.2) is 29.4 Å². The van der Waals surface area contributed by atoms with Gasteiger partial charge in [-0.05, 0) is 19.1 Å². The van der Waals surface area contributed by atoms with E-state index in [9.17, 15) is 4.79 Å². The molecule has 1 aliphatic rings. The maximum absolute atomic E-state index is 11.8. The fourth-order valence-corrected chi connectivity index (χ4v) is 1.99. The van der Waals surface area contributed by atoms with Crippen LogP contribution in [-0.2, 0) is 4.84 Å². The zero-order chi connectivity index (χ0) is 13.0. The molecule has 1 aromatic rings. The number of hydrogen-bond donors (Lipinski definition) is 1. The van der Waals surface area contributed by atoms with E-state index in [1.165, 1.54) is 4.90 Å². The minimum Gasteiger partial charge on any atom is -0.337 e. The number of benzene rings is 1. The van der Waals surface area contributed by atoms with Gasteiger partial charge in [-0.3, -0.25) is 0 Å². The fraction of sp³-hybridized carbons (Fsp3) is 0.429. The van der Waals surface area contributed by atoms with Crippen molar-refractivity contribution in [1.82, 2.24) is 0 Å². The van der Waals surface area contributed by atoms with Crippen LogP contribution in [0.3, 0.4) is 0 Å². The van der Waals surface area contributed by atoms with E-state index < -0.39 is 0 Å². The highest BCUT2D eigenvalue weighted by Gasteiger charge is 2.15. The summed E-state index contributed by atoms with van der Waals surface area (Å²) in [6.07, 6.45) is 1.82. The monoisotopic (exact) mass is 247 g/mol. The van der Waals surface area contributed by atoms with Crippen LogP contribution in [-0.4, -0.2) is 31.8 Å². The van der Waals surface area contributed by atoms with E-state index in [0.29, 0.717) is 5.56 Å². The first kappa shape index (κ1) is 12.8. The Bertz CT molecular complexity index is 459. The molecule has 0 amide bonds. The van der Waals surface area contributed by atoms with Gasteiger partial charge in [0.2, 0.25) is 0 Å². The van der Waals surface area contributed by atoms with Crippen LogP contribution in [0.2, 0.25) is 0 Å². The summed E-state index contributed by atoms with van der Waals surface area (Å²) in [5, 5.41) is 3.98. The number of carbonyl (C=O) groups is 1. The van der Waals surface area contributed by atoms with E-state index in [-0.39, 0.29) is 5.97 Å². The van der Waals surface area contributed by atoms with E-state index in [2.05, 4.69) is 12.2 Å². The summed E-state index contributed by atoms with van der Waals surface area (Å²) in [4.78, 5) is 18.3. The summed E-state index contributed by atoms with van der Waals surface area (Å²) in [7, 11) is 2.16. The largest absolute Gasteiger partial charge is 0.365 e. The van der Waals surface area contributed by atoms with Gasteiger partial charge in [-0.25, -0.2) is 4.79 Å². The number of carbonyl (C=O) groups excluding carboxylic acids is 1. The highest BCUT2D eigenvalue weighted by molar-refractivity contribution is 5.91. The van der Waals surface area contributed by atoms with Gasteiger partial charge in [-0.2, -0.15) is 0 Å². The number of aryl methyl sites for hydroxylation is 1. The maximum Gasteiger partial charge on any atom is 0.365 e. The molecule has 1 fully saturated rings. The van der Waals surface area contributed by atoms with E-state index in [1.54, 1.807) is 12.1 Å². The van der Waals surface area contributed by atoms with Gasteiger partial charge in [0, 0.05) is 12.8 Å². The molecular formula is C14H19N2O2+. The number of hydrogen-bond acceptors (Lipinski definition) is 3. The second-order valence-corrected chi connectivity index (χ2v) is 4.86. The highest BCUT2D eigenvalue weighted by atomic mass is 16.7. The van der Waals surface area contributed by atoms with Gasteiger partial charge in [-0.15, -0.1) is 0 Å². The van der Waals surface area contributed by atoms with Crippen molar-refractivity contribution in [3.63, 3.8) is 0 Å². The standard InChI is InChI=1S/C14H18N2O2/c1-11-4-3-5-12(10-11)14(17)18-15-13-6-8-16(2)9-7-13/h3-5,10H,6-9H2,1-2H3/p+1. The van der Waals surface area contributed by atoms with Crippen molar-refractivity contribution in [2.45, 2.75) is 19.8 Å². The molecule has 1 heterocycles. The molecule has 1 N–H and O–H groups in total. The second kappa shape index (κ2) is 5.78. The molecule has 0 spiro atoms. The molecule has 0 aromatic heterocycles. The molecule has 0 aliphatic carbocycles. The van der Waals surface area contributed by atoms with E-state index >= 15 is 0 Å². The molecule has 4 nitrogen and oxygen atoms in total. The molecule has 0 saturated carbocycles. The number of quaternary nitrogens is 1. The van der Waals surface area contributed by atoms with Crippen molar-refractivity contribution in [1.29, 1.82) is 0 Å². The lowest BCUT2D eigenvalue weighted by Gasteiger charge is -2.19. The van der Waals surface area contributed by atoms with Gasteiger partial charge in [0.15, 0.2) is 0 Å². The van der Waals surface area contributed by atoms with E-state index in [1.807, 2.05) is 19.1 Å². The average molecular weight is 247 g/mol. The molecular weight excluding hydrogens is 228 g/mol. The third-order valence-electron chi connectivity index (χ3n) is 3.19. The Labute approximate surface area is 107 Å². The summed E-state index contributed by atoms with van der Waals surface area (Å²) in [6, 6.07) is 7.34. The molecule has 18 heavy (non-hydrogen) atoms. The van der Waals surface area contributed by atoms with Crippen molar-refractivity contribution in [2.24, 2.45) is 5.16 Å². The summed E-state index contributed by atoms with van der Waals surface area (Å²) in [5.41, 5.74) is 2.58. The number of piperidine rings is 1. The van der Waals surface area contributed by atoms with Crippen LogP contribution in [0.5, 0.6) is 0 Å². The Hall–Kier alpha value is -1.68. The minimum absolute atomic E-state index is 0.377. The lowest BCUT2D eigenvalue weighted by atomic mass is 10.1. The van der Waals surface area contributed by atoms with E-state index in [4.69, 9.17) is 4.84 Å². The molecule has 1 aliphatic heterocycles. The lowest BCUT2D eigenvalue weighted by molar-refractivity contribution is -0.880. The normalized spacial score (nSPS) is 19.4. The van der Waals surface area contributed by atoms with Gasteiger partial charge in [0.25, 0.3) is 0 Å². The predicted molar refractivity (Wildman–Crippen MR) is 69.9 cm³/mol. The maximum atomic E-state index is 11.8. The third-order valence-corrected chi connectivity index (χ3v) is 3.19. The van der Waals surface area contributed by atoms with Gasteiger partial charge in [-0.1, -0.05) is 22.9 Å². The smallest absolute Gasteiger partial charge is 0.337 e. The Morgan fingerprint density at radius 2 is 2.06 bits per heavy atom.